The molecule has 9 heteroatoms. The van der Waals surface area contributed by atoms with Crippen LogP contribution in [0.5, 0.6) is 0 Å². The molecule has 2 amide bonds. The van der Waals surface area contributed by atoms with Crippen LogP contribution >= 0.6 is 11.6 Å². The van der Waals surface area contributed by atoms with Crippen LogP contribution in [0.4, 0.5) is 5.69 Å². The van der Waals surface area contributed by atoms with Gasteiger partial charge in [0.1, 0.15) is 12.4 Å². The van der Waals surface area contributed by atoms with Crippen LogP contribution in [0, 0.1) is 0 Å². The summed E-state index contributed by atoms with van der Waals surface area (Å²) in [5.74, 6) is 0.341. The molecule has 0 aliphatic carbocycles. The van der Waals surface area contributed by atoms with Gasteiger partial charge in [0.2, 0.25) is 11.8 Å². The lowest BCUT2D eigenvalue weighted by atomic mass is 10.2. The highest BCUT2D eigenvalue weighted by molar-refractivity contribution is 6.30. The van der Waals surface area contributed by atoms with Gasteiger partial charge in [0.05, 0.1) is 0 Å². The summed E-state index contributed by atoms with van der Waals surface area (Å²) in [6.07, 6.45) is 4.62. The maximum Gasteiger partial charge on any atom is 0.346 e. The van der Waals surface area contributed by atoms with E-state index in [2.05, 4.69) is 15.7 Å². The first-order valence-electron chi connectivity index (χ1n) is 9.51. The van der Waals surface area contributed by atoms with Crippen molar-refractivity contribution in [2.75, 3.05) is 11.9 Å². The molecule has 2 aromatic rings. The van der Waals surface area contributed by atoms with E-state index in [0.29, 0.717) is 30.2 Å². The predicted octanol–water partition coefficient (Wildman–Crippen LogP) is 1.96. The van der Waals surface area contributed by atoms with Crippen molar-refractivity contribution in [3.63, 3.8) is 0 Å². The highest BCUT2D eigenvalue weighted by Crippen LogP contribution is 2.13. The lowest BCUT2D eigenvalue weighted by molar-refractivity contribution is -0.122. The van der Waals surface area contributed by atoms with Gasteiger partial charge < -0.3 is 10.6 Å². The summed E-state index contributed by atoms with van der Waals surface area (Å²) in [5, 5.41) is 10.4. The molecule has 0 saturated heterocycles. The number of nitrogens with one attached hydrogen (secondary N) is 2. The van der Waals surface area contributed by atoms with Crippen LogP contribution in [0.2, 0.25) is 5.02 Å². The van der Waals surface area contributed by atoms with E-state index < -0.39 is 0 Å². The first-order chi connectivity index (χ1) is 13.5. The number of benzene rings is 1. The second kappa shape index (κ2) is 9.54. The minimum absolute atomic E-state index is 0.101. The third-order valence-corrected chi connectivity index (χ3v) is 4.86. The average Bonchev–Trinajstić information content (AvgIpc) is 2.84. The zero-order valence-electron chi connectivity index (χ0n) is 15.6. The van der Waals surface area contributed by atoms with Crippen molar-refractivity contribution >= 4 is 29.1 Å². The zero-order valence-corrected chi connectivity index (χ0v) is 16.4. The number of nitrogens with zero attached hydrogens (tertiary/aromatic N) is 3. The Hall–Kier alpha value is -2.61. The van der Waals surface area contributed by atoms with Gasteiger partial charge in [-0.15, -0.1) is 0 Å². The number of amides is 2. The number of hydrogen-bond donors (Lipinski definition) is 2. The predicted molar refractivity (Wildman–Crippen MR) is 106 cm³/mol. The Balaban J connectivity index is 1.39. The maximum absolute atomic E-state index is 12.3. The SMILES string of the molecule is O=C(Cn1nc2n(c1=O)CCCCC2)NCCCC(=O)Nc1ccc(Cl)cc1. The highest BCUT2D eigenvalue weighted by Gasteiger charge is 2.17. The summed E-state index contributed by atoms with van der Waals surface area (Å²) in [6, 6.07) is 6.86. The molecule has 8 nitrogen and oxygen atoms in total. The van der Waals surface area contributed by atoms with Crippen molar-refractivity contribution in [2.24, 2.45) is 0 Å². The smallest absolute Gasteiger partial charge is 0.346 e. The zero-order chi connectivity index (χ0) is 19.9. The Morgan fingerprint density at radius 3 is 2.68 bits per heavy atom. The van der Waals surface area contributed by atoms with Crippen LogP contribution < -0.4 is 16.3 Å². The van der Waals surface area contributed by atoms with Crippen LogP contribution in [-0.4, -0.2) is 32.7 Å². The second-order valence-corrected chi connectivity index (χ2v) is 7.26. The Morgan fingerprint density at radius 1 is 1.11 bits per heavy atom. The van der Waals surface area contributed by atoms with Gasteiger partial charge >= 0.3 is 5.69 Å². The maximum atomic E-state index is 12.3. The molecule has 28 heavy (non-hydrogen) atoms. The van der Waals surface area contributed by atoms with E-state index in [1.807, 2.05) is 0 Å². The van der Waals surface area contributed by atoms with Gasteiger partial charge in [0.25, 0.3) is 0 Å². The van der Waals surface area contributed by atoms with Crippen molar-refractivity contribution < 1.29 is 9.59 Å². The number of carbonyl (C=O) groups is 2. The first-order valence-corrected chi connectivity index (χ1v) is 9.89. The van der Waals surface area contributed by atoms with Gasteiger partial charge in [-0.25, -0.2) is 9.48 Å². The van der Waals surface area contributed by atoms with E-state index in [9.17, 15) is 14.4 Å². The van der Waals surface area contributed by atoms with Gasteiger partial charge in [-0.05, 0) is 43.5 Å². The number of aromatic nitrogens is 3. The molecule has 1 aromatic heterocycles. The summed E-state index contributed by atoms with van der Waals surface area (Å²) in [4.78, 5) is 36.3. The highest BCUT2D eigenvalue weighted by atomic mass is 35.5. The molecule has 1 aliphatic rings. The van der Waals surface area contributed by atoms with E-state index in [1.54, 1.807) is 28.8 Å². The number of hydrogen-bond acceptors (Lipinski definition) is 4. The van der Waals surface area contributed by atoms with Crippen LogP contribution in [0.25, 0.3) is 0 Å². The molecular weight excluding hydrogens is 382 g/mol. The Kier molecular flexibility index (Phi) is 6.86. The first kappa shape index (κ1) is 20.1. The fourth-order valence-corrected chi connectivity index (χ4v) is 3.28. The summed E-state index contributed by atoms with van der Waals surface area (Å²) < 4.78 is 2.89. The molecule has 0 spiro atoms. The van der Waals surface area contributed by atoms with Gasteiger partial charge in [0, 0.05) is 36.6 Å². The second-order valence-electron chi connectivity index (χ2n) is 6.83. The van der Waals surface area contributed by atoms with Gasteiger partial charge in [0.15, 0.2) is 0 Å². The Labute approximate surface area is 167 Å². The number of aryl methyl sites for hydroxylation is 1. The van der Waals surface area contributed by atoms with Crippen LogP contribution in [0.15, 0.2) is 29.1 Å². The summed E-state index contributed by atoms with van der Waals surface area (Å²) >= 11 is 5.80. The third kappa shape index (κ3) is 5.45. The number of carbonyl (C=O) groups excluding carboxylic acids is 2. The number of rotatable bonds is 7. The van der Waals surface area contributed by atoms with Gasteiger partial charge in [-0.2, -0.15) is 5.10 Å². The minimum atomic E-state index is -0.284. The molecule has 3 rings (SSSR count). The van der Waals surface area contributed by atoms with Crippen molar-refractivity contribution in [3.05, 3.63) is 45.6 Å². The molecule has 2 heterocycles. The molecule has 150 valence electrons. The van der Waals surface area contributed by atoms with Gasteiger partial charge in [-0.3, -0.25) is 14.2 Å². The number of fused-ring (bicyclic) bond motifs is 1. The average molecular weight is 406 g/mol. The normalized spacial score (nSPS) is 13.5. The molecule has 0 radical (unpaired) electrons. The van der Waals surface area contributed by atoms with Crippen LogP contribution in [0.1, 0.15) is 37.9 Å². The number of halogens is 1. The van der Waals surface area contributed by atoms with Gasteiger partial charge in [-0.1, -0.05) is 18.0 Å². The molecule has 1 aromatic carbocycles. The minimum Gasteiger partial charge on any atom is -0.354 e. The molecule has 0 fully saturated rings. The quantitative estimate of drug-likeness (QED) is 0.688. The molecule has 0 saturated carbocycles. The van der Waals surface area contributed by atoms with Crippen LogP contribution in [0.3, 0.4) is 0 Å². The topological polar surface area (TPSA) is 98.0 Å². The summed E-state index contributed by atoms with van der Waals surface area (Å²) in [6.45, 7) is 0.920. The molecule has 0 atom stereocenters. The molecule has 1 aliphatic heterocycles. The van der Waals surface area contributed by atoms with Crippen molar-refractivity contribution in [3.8, 4) is 0 Å². The summed E-state index contributed by atoms with van der Waals surface area (Å²) in [5.41, 5.74) is 0.451. The standard InChI is InChI=1S/C19H24ClN5O3/c20-14-7-9-15(10-8-14)22-17(26)6-4-11-21-18(27)13-25-19(28)24-12-3-1-2-5-16(24)23-25/h7-10H,1-6,11-13H2,(H,21,27)(H,22,26). The van der Waals surface area contributed by atoms with E-state index in [4.69, 9.17) is 11.6 Å². The Morgan fingerprint density at radius 2 is 1.89 bits per heavy atom. The van der Waals surface area contributed by atoms with Crippen LogP contribution in [-0.2, 0) is 29.1 Å². The summed E-state index contributed by atoms with van der Waals surface area (Å²) in [7, 11) is 0. The Bertz CT molecular complexity index is 888. The lowest BCUT2D eigenvalue weighted by Gasteiger charge is -2.06. The molecule has 0 bridgehead atoms. The van der Waals surface area contributed by atoms with Crippen molar-refractivity contribution in [1.82, 2.24) is 19.7 Å². The fourth-order valence-electron chi connectivity index (χ4n) is 3.15. The monoisotopic (exact) mass is 405 g/mol. The van der Waals surface area contributed by atoms with E-state index in [0.717, 1.165) is 31.5 Å². The van der Waals surface area contributed by atoms with Crippen molar-refractivity contribution in [1.29, 1.82) is 0 Å². The largest absolute Gasteiger partial charge is 0.354 e. The molecule has 2 N–H and O–H groups in total. The molecule has 0 unspecified atom stereocenters. The number of anilines is 1. The third-order valence-electron chi connectivity index (χ3n) is 4.61. The van der Waals surface area contributed by atoms with E-state index in [-0.39, 0.29) is 30.5 Å². The van der Waals surface area contributed by atoms with Crippen molar-refractivity contribution in [2.45, 2.75) is 51.6 Å². The lowest BCUT2D eigenvalue weighted by Crippen LogP contribution is -2.34. The fraction of sp³-hybridized carbons (Fsp3) is 0.474. The van der Waals surface area contributed by atoms with E-state index in [1.165, 1.54) is 4.68 Å². The molecular formula is C19H24ClN5O3. The van der Waals surface area contributed by atoms with E-state index >= 15 is 0 Å².